The van der Waals surface area contributed by atoms with Gasteiger partial charge in [-0.1, -0.05) is 0 Å². The minimum Gasteiger partial charge on any atom is -0.496 e. The maximum Gasteiger partial charge on any atom is 0.416 e. The van der Waals surface area contributed by atoms with E-state index in [2.05, 4.69) is 5.10 Å². The number of carboxylic acid groups (broad SMARTS) is 1. The number of methoxy groups -OCH3 is 1. The highest BCUT2D eigenvalue weighted by Crippen LogP contribution is 2.37. The quantitative estimate of drug-likeness (QED) is 0.946. The molecule has 0 fully saturated rings. The summed E-state index contributed by atoms with van der Waals surface area (Å²) in [7, 11) is 2.77. The van der Waals surface area contributed by atoms with Crippen molar-refractivity contribution in [2.75, 3.05) is 7.11 Å². The van der Waals surface area contributed by atoms with Gasteiger partial charge in [0.2, 0.25) is 0 Å². The van der Waals surface area contributed by atoms with Crippen LogP contribution in [0.3, 0.4) is 0 Å². The Morgan fingerprint density at radius 3 is 2.48 bits per heavy atom. The van der Waals surface area contributed by atoms with Gasteiger partial charge in [-0.05, 0) is 24.3 Å². The van der Waals surface area contributed by atoms with Crippen molar-refractivity contribution in [2.45, 2.75) is 6.18 Å². The minimum atomic E-state index is -4.50. The van der Waals surface area contributed by atoms with Gasteiger partial charge in [0.1, 0.15) is 5.75 Å². The molecule has 1 heterocycles. The molecule has 5 nitrogen and oxygen atoms in total. The Labute approximate surface area is 117 Å². The topological polar surface area (TPSA) is 64.3 Å². The van der Waals surface area contributed by atoms with Crippen LogP contribution in [0.2, 0.25) is 0 Å². The Balaban J connectivity index is 2.64. The van der Waals surface area contributed by atoms with Gasteiger partial charge < -0.3 is 9.84 Å². The van der Waals surface area contributed by atoms with Gasteiger partial charge in [-0.25, -0.2) is 4.79 Å². The number of alkyl halides is 3. The molecule has 112 valence electrons. The van der Waals surface area contributed by atoms with E-state index in [0.29, 0.717) is 0 Å². The van der Waals surface area contributed by atoms with Gasteiger partial charge >= 0.3 is 12.1 Å². The third-order valence-corrected chi connectivity index (χ3v) is 2.90. The molecule has 1 aromatic heterocycles. The number of hydrogen-bond donors (Lipinski definition) is 1. The fraction of sp³-hybridized carbons (Fsp3) is 0.231. The lowest BCUT2D eigenvalue weighted by Crippen LogP contribution is -2.06. The number of halogens is 3. The summed E-state index contributed by atoms with van der Waals surface area (Å²) >= 11 is 0. The van der Waals surface area contributed by atoms with Gasteiger partial charge in [-0.15, -0.1) is 0 Å². The molecule has 2 rings (SSSR count). The van der Waals surface area contributed by atoms with Crippen molar-refractivity contribution in [1.29, 1.82) is 0 Å². The van der Waals surface area contributed by atoms with Crippen molar-refractivity contribution < 1.29 is 27.8 Å². The van der Waals surface area contributed by atoms with E-state index in [-0.39, 0.29) is 22.7 Å². The third kappa shape index (κ3) is 2.83. The second-order valence-corrected chi connectivity index (χ2v) is 4.26. The number of carbonyl (C=O) groups is 1. The first-order chi connectivity index (χ1) is 9.74. The van der Waals surface area contributed by atoms with Crippen molar-refractivity contribution in [3.8, 4) is 17.0 Å². The molecule has 0 spiro atoms. The Morgan fingerprint density at radius 1 is 1.33 bits per heavy atom. The molecular formula is C13H11F3N2O3. The summed E-state index contributed by atoms with van der Waals surface area (Å²) in [5.74, 6) is -1.06. The zero-order valence-electron chi connectivity index (χ0n) is 11.1. The summed E-state index contributed by atoms with van der Waals surface area (Å²) < 4.78 is 44.6. The second kappa shape index (κ2) is 5.12. The summed E-state index contributed by atoms with van der Waals surface area (Å²) in [4.78, 5) is 10.9. The summed E-state index contributed by atoms with van der Waals surface area (Å²) in [5, 5.41) is 12.6. The number of aromatic carboxylic acids is 1. The number of carboxylic acids is 1. The van der Waals surface area contributed by atoms with Gasteiger partial charge in [0.05, 0.1) is 18.4 Å². The fourth-order valence-electron chi connectivity index (χ4n) is 1.91. The molecule has 0 unspecified atom stereocenters. The molecular weight excluding hydrogens is 289 g/mol. The van der Waals surface area contributed by atoms with Crippen molar-refractivity contribution in [3.63, 3.8) is 0 Å². The van der Waals surface area contributed by atoms with Crippen molar-refractivity contribution in [2.24, 2.45) is 7.05 Å². The maximum atomic E-state index is 12.8. The molecule has 2 aromatic rings. The number of aryl methyl sites for hydroxylation is 1. The van der Waals surface area contributed by atoms with Crippen LogP contribution in [0.1, 0.15) is 16.1 Å². The van der Waals surface area contributed by atoms with Crippen LogP contribution in [-0.2, 0) is 13.2 Å². The van der Waals surface area contributed by atoms with Gasteiger partial charge in [0.15, 0.2) is 5.69 Å². The Kier molecular flexibility index (Phi) is 3.63. The molecule has 0 amide bonds. The maximum absolute atomic E-state index is 12.8. The molecule has 1 N–H and O–H groups in total. The van der Waals surface area contributed by atoms with E-state index in [1.54, 1.807) is 0 Å². The highest BCUT2D eigenvalue weighted by molar-refractivity contribution is 5.87. The van der Waals surface area contributed by atoms with E-state index in [1.165, 1.54) is 31.0 Å². The van der Waals surface area contributed by atoms with Crippen LogP contribution in [0.5, 0.6) is 5.75 Å². The monoisotopic (exact) mass is 300 g/mol. The number of hydrogen-bond acceptors (Lipinski definition) is 3. The van der Waals surface area contributed by atoms with Crippen LogP contribution in [0.25, 0.3) is 11.3 Å². The van der Waals surface area contributed by atoms with E-state index in [9.17, 15) is 18.0 Å². The van der Waals surface area contributed by atoms with Crippen molar-refractivity contribution in [1.82, 2.24) is 9.78 Å². The molecule has 0 saturated heterocycles. The van der Waals surface area contributed by atoms with Crippen LogP contribution in [0, 0.1) is 0 Å². The van der Waals surface area contributed by atoms with E-state index in [4.69, 9.17) is 9.84 Å². The second-order valence-electron chi connectivity index (χ2n) is 4.26. The average molecular weight is 300 g/mol. The molecule has 0 atom stereocenters. The highest BCUT2D eigenvalue weighted by atomic mass is 19.4. The standard InChI is InChI=1S/C13H11F3N2O3/c1-18-10(6-9(17-18)12(19)20)8-5-7(13(14,15)16)3-4-11(8)21-2/h3-6H,1-2H3,(H,19,20). The molecule has 0 radical (unpaired) electrons. The van der Waals surface area contributed by atoms with E-state index in [1.807, 2.05) is 0 Å². The van der Waals surface area contributed by atoms with E-state index >= 15 is 0 Å². The van der Waals surface area contributed by atoms with Gasteiger partial charge in [0, 0.05) is 12.6 Å². The molecule has 1 aromatic carbocycles. The van der Waals surface area contributed by atoms with Gasteiger partial charge in [0.25, 0.3) is 0 Å². The molecule has 21 heavy (non-hydrogen) atoms. The van der Waals surface area contributed by atoms with E-state index in [0.717, 1.165) is 12.1 Å². The Bertz CT molecular complexity index is 692. The average Bonchev–Trinajstić information content (AvgIpc) is 2.79. The molecule has 0 aliphatic carbocycles. The van der Waals surface area contributed by atoms with Crippen molar-refractivity contribution in [3.05, 3.63) is 35.5 Å². The van der Waals surface area contributed by atoms with Crippen LogP contribution in [0.15, 0.2) is 24.3 Å². The van der Waals surface area contributed by atoms with Crippen LogP contribution in [-0.4, -0.2) is 28.0 Å². The predicted molar refractivity (Wildman–Crippen MR) is 67.2 cm³/mol. The molecule has 0 bridgehead atoms. The number of nitrogens with zero attached hydrogens (tertiary/aromatic N) is 2. The number of ether oxygens (including phenoxy) is 1. The zero-order chi connectivity index (χ0) is 15.8. The summed E-state index contributed by atoms with van der Waals surface area (Å²) in [6, 6.07) is 4.18. The van der Waals surface area contributed by atoms with Gasteiger partial charge in [-0.3, -0.25) is 4.68 Å². The molecule has 0 aliphatic heterocycles. The zero-order valence-corrected chi connectivity index (χ0v) is 11.1. The minimum absolute atomic E-state index is 0.120. The number of aromatic nitrogens is 2. The lowest BCUT2D eigenvalue weighted by molar-refractivity contribution is -0.137. The van der Waals surface area contributed by atoms with Crippen LogP contribution >= 0.6 is 0 Å². The van der Waals surface area contributed by atoms with Crippen LogP contribution < -0.4 is 4.74 Å². The highest BCUT2D eigenvalue weighted by Gasteiger charge is 2.31. The first-order valence-electron chi connectivity index (χ1n) is 5.77. The largest absolute Gasteiger partial charge is 0.496 e. The molecule has 8 heteroatoms. The predicted octanol–water partition coefficient (Wildman–Crippen LogP) is 2.81. The van der Waals surface area contributed by atoms with Crippen LogP contribution in [0.4, 0.5) is 13.2 Å². The smallest absolute Gasteiger partial charge is 0.416 e. The summed E-state index contributed by atoms with van der Waals surface area (Å²) in [6.07, 6.45) is -4.50. The SMILES string of the molecule is COc1ccc(C(F)(F)F)cc1-c1cc(C(=O)O)nn1C. The summed E-state index contributed by atoms with van der Waals surface area (Å²) in [6.45, 7) is 0. The Hall–Kier alpha value is -2.51. The number of rotatable bonds is 3. The Morgan fingerprint density at radius 2 is 2.00 bits per heavy atom. The lowest BCUT2D eigenvalue weighted by Gasteiger charge is -2.12. The number of benzene rings is 1. The molecule has 0 saturated carbocycles. The lowest BCUT2D eigenvalue weighted by atomic mass is 10.1. The van der Waals surface area contributed by atoms with Gasteiger partial charge in [-0.2, -0.15) is 18.3 Å². The first-order valence-corrected chi connectivity index (χ1v) is 5.77. The van der Waals surface area contributed by atoms with Crippen molar-refractivity contribution >= 4 is 5.97 Å². The fourth-order valence-corrected chi connectivity index (χ4v) is 1.91. The summed E-state index contributed by atoms with van der Waals surface area (Å²) in [5.41, 5.74) is -0.770. The normalized spacial score (nSPS) is 11.5. The third-order valence-electron chi connectivity index (χ3n) is 2.90. The van der Waals surface area contributed by atoms with E-state index < -0.39 is 17.7 Å². The first kappa shape index (κ1) is 14.9. The molecule has 0 aliphatic rings.